The molecule has 0 aliphatic carbocycles. The van der Waals surface area contributed by atoms with Crippen LogP contribution in [0.1, 0.15) is 18.4 Å². The maximum absolute atomic E-state index is 12.3. The van der Waals surface area contributed by atoms with Gasteiger partial charge >= 0.3 is 0 Å². The summed E-state index contributed by atoms with van der Waals surface area (Å²) in [5.74, 6) is -0.140. The standard InChI is InChI=1S/C16H22ClN3O2/c1-19(10-12-3-2-4-14(17)9-12)15(21)11-20-7-5-13(6-8-20)16(18)22/h2-4,9,13H,5-8,10-11H2,1H3,(H2,18,22)/p+1. The van der Waals surface area contributed by atoms with Crippen LogP contribution in [0.4, 0.5) is 0 Å². The summed E-state index contributed by atoms with van der Waals surface area (Å²) < 4.78 is 0. The Bertz CT molecular complexity index is 542. The molecule has 22 heavy (non-hydrogen) atoms. The normalized spacial score (nSPS) is 21.4. The van der Waals surface area contributed by atoms with E-state index >= 15 is 0 Å². The third kappa shape index (κ3) is 4.71. The first-order chi connectivity index (χ1) is 10.5. The molecule has 2 amide bonds. The van der Waals surface area contributed by atoms with Gasteiger partial charge in [0.1, 0.15) is 0 Å². The monoisotopic (exact) mass is 324 g/mol. The highest BCUT2D eigenvalue weighted by molar-refractivity contribution is 6.30. The molecule has 1 aromatic rings. The number of halogens is 1. The second kappa shape index (κ2) is 7.61. The van der Waals surface area contributed by atoms with Crippen LogP contribution in [0, 0.1) is 5.92 Å². The van der Waals surface area contributed by atoms with E-state index in [1.807, 2.05) is 24.3 Å². The number of quaternary nitrogens is 1. The fourth-order valence-electron chi connectivity index (χ4n) is 2.83. The third-order valence-electron chi connectivity index (χ3n) is 4.23. The van der Waals surface area contributed by atoms with E-state index in [4.69, 9.17) is 17.3 Å². The summed E-state index contributed by atoms with van der Waals surface area (Å²) in [6, 6.07) is 7.53. The molecule has 1 aromatic carbocycles. The molecule has 2 rings (SSSR count). The number of primary amides is 1. The number of benzene rings is 1. The largest absolute Gasteiger partial charge is 0.369 e. The van der Waals surface area contributed by atoms with Gasteiger partial charge in [0.25, 0.3) is 5.91 Å². The van der Waals surface area contributed by atoms with Gasteiger partial charge in [0.15, 0.2) is 6.54 Å². The molecule has 5 nitrogen and oxygen atoms in total. The van der Waals surface area contributed by atoms with Crippen LogP contribution in [0.15, 0.2) is 24.3 Å². The summed E-state index contributed by atoms with van der Waals surface area (Å²) in [7, 11) is 1.80. The maximum atomic E-state index is 12.3. The van der Waals surface area contributed by atoms with Crippen LogP contribution in [0.25, 0.3) is 0 Å². The van der Waals surface area contributed by atoms with E-state index in [-0.39, 0.29) is 17.7 Å². The van der Waals surface area contributed by atoms with E-state index in [2.05, 4.69) is 0 Å². The summed E-state index contributed by atoms with van der Waals surface area (Å²) in [5.41, 5.74) is 6.35. The number of nitrogens with one attached hydrogen (secondary N) is 1. The number of amides is 2. The van der Waals surface area contributed by atoms with Gasteiger partial charge in [0, 0.05) is 37.4 Å². The van der Waals surface area contributed by atoms with Gasteiger partial charge in [0.2, 0.25) is 5.91 Å². The highest BCUT2D eigenvalue weighted by Crippen LogP contribution is 2.12. The Morgan fingerprint density at radius 2 is 2.05 bits per heavy atom. The zero-order valence-electron chi connectivity index (χ0n) is 12.8. The molecule has 0 unspecified atom stereocenters. The number of likely N-dealkylation sites (N-methyl/N-ethyl adjacent to an activating group) is 1. The lowest BCUT2D eigenvalue weighted by Gasteiger charge is -2.28. The number of carbonyl (C=O) groups excluding carboxylic acids is 2. The molecule has 0 spiro atoms. The topological polar surface area (TPSA) is 67.8 Å². The van der Waals surface area contributed by atoms with E-state index in [0.29, 0.717) is 18.1 Å². The SMILES string of the molecule is CN(Cc1cccc(Cl)c1)C(=O)C[NH+]1CCC(C(N)=O)CC1. The molecule has 1 saturated heterocycles. The van der Waals surface area contributed by atoms with Crippen LogP contribution in [0.5, 0.6) is 0 Å². The summed E-state index contributed by atoms with van der Waals surface area (Å²) in [6.45, 7) is 2.66. The minimum absolute atomic E-state index is 0.0250. The van der Waals surface area contributed by atoms with Gasteiger partial charge in [0.05, 0.1) is 13.1 Å². The van der Waals surface area contributed by atoms with Crippen LogP contribution < -0.4 is 10.6 Å². The van der Waals surface area contributed by atoms with Crippen LogP contribution >= 0.6 is 11.6 Å². The molecule has 0 aromatic heterocycles. The van der Waals surface area contributed by atoms with E-state index < -0.39 is 0 Å². The van der Waals surface area contributed by atoms with Crippen molar-refractivity contribution in [2.75, 3.05) is 26.7 Å². The smallest absolute Gasteiger partial charge is 0.277 e. The number of hydrogen-bond donors (Lipinski definition) is 2. The van der Waals surface area contributed by atoms with Gasteiger partial charge in [-0.15, -0.1) is 0 Å². The Morgan fingerprint density at radius 3 is 2.64 bits per heavy atom. The molecule has 1 heterocycles. The number of nitrogens with two attached hydrogens (primary N) is 1. The van der Waals surface area contributed by atoms with E-state index in [9.17, 15) is 9.59 Å². The first-order valence-corrected chi connectivity index (χ1v) is 7.95. The van der Waals surface area contributed by atoms with Crippen molar-refractivity contribution in [2.45, 2.75) is 19.4 Å². The van der Waals surface area contributed by atoms with Crippen molar-refractivity contribution in [3.63, 3.8) is 0 Å². The Morgan fingerprint density at radius 1 is 1.36 bits per heavy atom. The number of rotatable bonds is 5. The third-order valence-corrected chi connectivity index (χ3v) is 4.47. The lowest BCUT2D eigenvalue weighted by molar-refractivity contribution is -0.898. The first-order valence-electron chi connectivity index (χ1n) is 7.57. The van der Waals surface area contributed by atoms with E-state index in [1.54, 1.807) is 11.9 Å². The predicted octanol–water partition coefficient (Wildman–Crippen LogP) is 0.0786. The molecule has 3 N–H and O–H groups in total. The molecular weight excluding hydrogens is 302 g/mol. The fraction of sp³-hybridized carbons (Fsp3) is 0.500. The second-order valence-corrected chi connectivity index (χ2v) is 6.42. The van der Waals surface area contributed by atoms with Crippen LogP contribution in [0.3, 0.4) is 0 Å². The van der Waals surface area contributed by atoms with Crippen molar-refractivity contribution < 1.29 is 14.5 Å². The molecule has 0 bridgehead atoms. The van der Waals surface area contributed by atoms with Gasteiger partial charge in [-0.05, 0) is 17.7 Å². The molecular formula is C16H23ClN3O2+. The highest BCUT2D eigenvalue weighted by atomic mass is 35.5. The van der Waals surface area contributed by atoms with E-state index in [1.165, 1.54) is 4.90 Å². The number of nitrogens with zero attached hydrogens (tertiary/aromatic N) is 1. The second-order valence-electron chi connectivity index (χ2n) is 5.98. The molecule has 0 saturated carbocycles. The molecule has 1 fully saturated rings. The van der Waals surface area contributed by atoms with Crippen molar-refractivity contribution in [1.82, 2.24) is 4.90 Å². The van der Waals surface area contributed by atoms with Crippen molar-refractivity contribution in [3.05, 3.63) is 34.9 Å². The lowest BCUT2D eigenvalue weighted by Crippen LogP contribution is -3.14. The van der Waals surface area contributed by atoms with Gasteiger partial charge in [-0.2, -0.15) is 0 Å². The zero-order valence-corrected chi connectivity index (χ0v) is 13.6. The van der Waals surface area contributed by atoms with E-state index in [0.717, 1.165) is 31.5 Å². The van der Waals surface area contributed by atoms with Gasteiger partial charge < -0.3 is 15.5 Å². The van der Waals surface area contributed by atoms with Gasteiger partial charge in [-0.1, -0.05) is 23.7 Å². The predicted molar refractivity (Wildman–Crippen MR) is 85.4 cm³/mol. The quantitative estimate of drug-likeness (QED) is 0.805. The summed E-state index contributed by atoms with van der Waals surface area (Å²) in [6.07, 6.45) is 1.55. The lowest BCUT2D eigenvalue weighted by atomic mass is 9.96. The van der Waals surface area contributed by atoms with Crippen LogP contribution in [0.2, 0.25) is 5.02 Å². The molecule has 1 aliphatic rings. The summed E-state index contributed by atoms with van der Waals surface area (Å²) in [5, 5.41) is 0.678. The Hall–Kier alpha value is -1.59. The van der Waals surface area contributed by atoms with Crippen LogP contribution in [-0.4, -0.2) is 43.4 Å². The number of carbonyl (C=O) groups is 2. The molecule has 1 aliphatic heterocycles. The Labute approximate surface area is 136 Å². The van der Waals surface area contributed by atoms with Crippen molar-refractivity contribution >= 4 is 23.4 Å². The average molecular weight is 325 g/mol. The number of piperidine rings is 1. The van der Waals surface area contributed by atoms with Crippen molar-refractivity contribution in [2.24, 2.45) is 11.7 Å². The number of hydrogen-bond acceptors (Lipinski definition) is 2. The minimum atomic E-state index is -0.219. The highest BCUT2D eigenvalue weighted by Gasteiger charge is 2.27. The fourth-order valence-corrected chi connectivity index (χ4v) is 3.05. The Kier molecular flexibility index (Phi) is 5.80. The summed E-state index contributed by atoms with van der Waals surface area (Å²) >= 11 is 5.96. The van der Waals surface area contributed by atoms with Crippen molar-refractivity contribution in [1.29, 1.82) is 0 Å². The Balaban J connectivity index is 1.81. The zero-order chi connectivity index (χ0) is 16.1. The first kappa shape index (κ1) is 16.8. The van der Waals surface area contributed by atoms with Crippen LogP contribution in [-0.2, 0) is 16.1 Å². The minimum Gasteiger partial charge on any atom is -0.369 e. The molecule has 120 valence electrons. The number of likely N-dealkylation sites (tertiary alicyclic amines) is 1. The van der Waals surface area contributed by atoms with Gasteiger partial charge in [-0.3, -0.25) is 9.59 Å². The van der Waals surface area contributed by atoms with Crippen molar-refractivity contribution in [3.8, 4) is 0 Å². The molecule has 0 atom stereocenters. The summed E-state index contributed by atoms with van der Waals surface area (Å²) in [4.78, 5) is 26.4. The molecule has 0 radical (unpaired) electrons. The average Bonchev–Trinajstić information content (AvgIpc) is 2.47. The molecule has 6 heteroatoms. The maximum Gasteiger partial charge on any atom is 0.277 e. The van der Waals surface area contributed by atoms with Gasteiger partial charge in [-0.25, -0.2) is 0 Å².